The normalized spacial score (nSPS) is 12.0. The third-order valence-electron chi connectivity index (χ3n) is 4.45. The van der Waals surface area contributed by atoms with E-state index in [9.17, 15) is 4.39 Å². The molecule has 0 saturated heterocycles. The molecular formula is C19H17FN2O2. The molecule has 1 aromatic heterocycles. The molecule has 0 spiro atoms. The fourth-order valence-electron chi connectivity index (χ4n) is 3.29. The first-order chi connectivity index (χ1) is 11.7. The Labute approximate surface area is 139 Å². The molecule has 1 N–H and O–H groups in total. The van der Waals surface area contributed by atoms with Crippen LogP contribution in [-0.4, -0.2) is 24.4 Å². The van der Waals surface area contributed by atoms with E-state index in [1.165, 1.54) is 11.6 Å². The maximum absolute atomic E-state index is 13.4. The molecule has 0 radical (unpaired) electrons. The lowest BCUT2D eigenvalue weighted by atomic mass is 10.0. The summed E-state index contributed by atoms with van der Waals surface area (Å²) in [4.78, 5) is 0. The monoisotopic (exact) mass is 324 g/mol. The maximum atomic E-state index is 13.4. The Kier molecular flexibility index (Phi) is 3.49. The van der Waals surface area contributed by atoms with Crippen LogP contribution in [0.1, 0.15) is 22.4 Å². The standard InChI is InChI=1S/C19H17FN2O2/c1-23-17-9-12-8-15-16(7-11-4-3-5-13(20)6-11)21-22-19(15)14(12)10-18(17)24-2/h3-6,9-10H,7-8H2,1-2H3,(H,21,22). The van der Waals surface area contributed by atoms with Crippen LogP contribution in [0.25, 0.3) is 11.3 Å². The zero-order valence-corrected chi connectivity index (χ0v) is 13.5. The van der Waals surface area contributed by atoms with Crippen LogP contribution in [0.4, 0.5) is 4.39 Å². The molecule has 1 aliphatic carbocycles. The SMILES string of the molecule is COc1cc2c(cc1OC)-c1n[nH]c(Cc3cccc(F)c3)c1C2. The van der Waals surface area contributed by atoms with Crippen LogP contribution in [0, 0.1) is 5.82 Å². The van der Waals surface area contributed by atoms with Gasteiger partial charge in [0.25, 0.3) is 0 Å². The van der Waals surface area contributed by atoms with Gasteiger partial charge in [-0.2, -0.15) is 5.10 Å². The number of halogens is 1. The molecule has 0 fully saturated rings. The number of fused-ring (bicyclic) bond motifs is 3. The molecule has 4 rings (SSSR count). The third-order valence-corrected chi connectivity index (χ3v) is 4.45. The van der Waals surface area contributed by atoms with Gasteiger partial charge in [-0.3, -0.25) is 5.10 Å². The third kappa shape index (κ3) is 2.33. The van der Waals surface area contributed by atoms with E-state index in [0.717, 1.165) is 40.2 Å². The quantitative estimate of drug-likeness (QED) is 0.622. The van der Waals surface area contributed by atoms with Crippen LogP contribution in [0.2, 0.25) is 0 Å². The smallest absolute Gasteiger partial charge is 0.161 e. The predicted molar refractivity (Wildman–Crippen MR) is 89.1 cm³/mol. The van der Waals surface area contributed by atoms with E-state index in [1.54, 1.807) is 26.4 Å². The zero-order chi connectivity index (χ0) is 16.7. The van der Waals surface area contributed by atoms with Crippen molar-refractivity contribution < 1.29 is 13.9 Å². The number of aromatic amines is 1. The minimum absolute atomic E-state index is 0.221. The highest BCUT2D eigenvalue weighted by Crippen LogP contribution is 2.43. The Bertz CT molecular complexity index is 918. The van der Waals surface area contributed by atoms with Crippen molar-refractivity contribution in [2.45, 2.75) is 12.8 Å². The Morgan fingerprint density at radius 2 is 1.92 bits per heavy atom. The van der Waals surface area contributed by atoms with Crippen LogP contribution in [0.5, 0.6) is 11.5 Å². The molecule has 0 bridgehead atoms. The number of rotatable bonds is 4. The summed E-state index contributed by atoms with van der Waals surface area (Å²) in [5.41, 5.74) is 6.27. The summed E-state index contributed by atoms with van der Waals surface area (Å²) in [5.74, 6) is 1.19. The molecule has 1 aliphatic rings. The summed E-state index contributed by atoms with van der Waals surface area (Å²) in [7, 11) is 3.26. The van der Waals surface area contributed by atoms with E-state index in [2.05, 4.69) is 10.2 Å². The second-order valence-corrected chi connectivity index (χ2v) is 5.88. The number of nitrogens with one attached hydrogen (secondary N) is 1. The van der Waals surface area contributed by atoms with Gasteiger partial charge < -0.3 is 9.47 Å². The Hall–Kier alpha value is -2.82. The van der Waals surface area contributed by atoms with Crippen molar-refractivity contribution in [3.05, 3.63) is 64.6 Å². The van der Waals surface area contributed by atoms with E-state index >= 15 is 0 Å². The zero-order valence-electron chi connectivity index (χ0n) is 13.5. The lowest BCUT2D eigenvalue weighted by molar-refractivity contribution is 0.355. The van der Waals surface area contributed by atoms with Gasteiger partial charge in [0.15, 0.2) is 11.5 Å². The first kappa shape index (κ1) is 14.8. The Morgan fingerprint density at radius 3 is 2.67 bits per heavy atom. The average molecular weight is 324 g/mol. The van der Waals surface area contributed by atoms with Gasteiger partial charge in [-0.15, -0.1) is 0 Å². The Morgan fingerprint density at radius 1 is 1.12 bits per heavy atom. The maximum Gasteiger partial charge on any atom is 0.161 e. The second kappa shape index (κ2) is 5.67. The van der Waals surface area contributed by atoms with Gasteiger partial charge in [-0.1, -0.05) is 12.1 Å². The van der Waals surface area contributed by atoms with Crippen molar-refractivity contribution in [3.8, 4) is 22.8 Å². The summed E-state index contributed by atoms with van der Waals surface area (Å²) in [6.07, 6.45) is 1.41. The van der Waals surface area contributed by atoms with Crippen LogP contribution in [0.15, 0.2) is 36.4 Å². The molecule has 0 saturated carbocycles. The van der Waals surface area contributed by atoms with E-state index in [-0.39, 0.29) is 5.82 Å². The van der Waals surface area contributed by atoms with Crippen molar-refractivity contribution in [2.75, 3.05) is 14.2 Å². The fourth-order valence-corrected chi connectivity index (χ4v) is 3.29. The number of hydrogen-bond acceptors (Lipinski definition) is 3. The van der Waals surface area contributed by atoms with E-state index < -0.39 is 0 Å². The highest BCUT2D eigenvalue weighted by Gasteiger charge is 2.26. The number of methoxy groups -OCH3 is 2. The number of nitrogens with zero attached hydrogens (tertiary/aromatic N) is 1. The molecule has 1 heterocycles. The highest BCUT2D eigenvalue weighted by molar-refractivity contribution is 5.77. The fraction of sp³-hybridized carbons (Fsp3) is 0.211. The Balaban J connectivity index is 1.71. The molecule has 0 atom stereocenters. The lowest BCUT2D eigenvalue weighted by Gasteiger charge is -2.10. The summed E-state index contributed by atoms with van der Waals surface area (Å²) >= 11 is 0. The molecule has 0 unspecified atom stereocenters. The molecular weight excluding hydrogens is 307 g/mol. The minimum Gasteiger partial charge on any atom is -0.493 e. The molecule has 5 heteroatoms. The van der Waals surface area contributed by atoms with Gasteiger partial charge in [0, 0.05) is 29.7 Å². The number of ether oxygens (including phenoxy) is 2. The number of hydrogen-bond donors (Lipinski definition) is 1. The predicted octanol–water partition coefficient (Wildman–Crippen LogP) is 3.73. The van der Waals surface area contributed by atoms with E-state index in [1.807, 2.05) is 18.2 Å². The topological polar surface area (TPSA) is 47.1 Å². The van der Waals surface area contributed by atoms with Crippen molar-refractivity contribution in [1.29, 1.82) is 0 Å². The van der Waals surface area contributed by atoms with Crippen LogP contribution in [0.3, 0.4) is 0 Å². The minimum atomic E-state index is -0.221. The number of benzene rings is 2. The van der Waals surface area contributed by atoms with Gasteiger partial charge in [0.2, 0.25) is 0 Å². The number of aromatic nitrogens is 2. The van der Waals surface area contributed by atoms with Gasteiger partial charge in [-0.05, 0) is 35.4 Å². The van der Waals surface area contributed by atoms with Crippen molar-refractivity contribution in [1.82, 2.24) is 10.2 Å². The second-order valence-electron chi connectivity index (χ2n) is 5.88. The molecule has 0 aliphatic heterocycles. The van der Waals surface area contributed by atoms with Gasteiger partial charge in [-0.25, -0.2) is 4.39 Å². The van der Waals surface area contributed by atoms with Crippen LogP contribution < -0.4 is 9.47 Å². The largest absolute Gasteiger partial charge is 0.493 e. The lowest BCUT2D eigenvalue weighted by Crippen LogP contribution is -1.95. The van der Waals surface area contributed by atoms with Gasteiger partial charge in [0.1, 0.15) is 5.82 Å². The molecule has 0 amide bonds. The van der Waals surface area contributed by atoms with Gasteiger partial charge in [0.05, 0.1) is 19.9 Å². The van der Waals surface area contributed by atoms with Crippen LogP contribution >= 0.6 is 0 Å². The number of H-pyrrole nitrogens is 1. The van der Waals surface area contributed by atoms with Crippen LogP contribution in [-0.2, 0) is 12.8 Å². The first-order valence-corrected chi connectivity index (χ1v) is 7.75. The molecule has 2 aromatic carbocycles. The molecule has 3 aromatic rings. The summed E-state index contributed by atoms with van der Waals surface area (Å²) < 4.78 is 24.2. The van der Waals surface area contributed by atoms with E-state index in [0.29, 0.717) is 12.2 Å². The summed E-state index contributed by atoms with van der Waals surface area (Å²) in [6, 6.07) is 10.6. The van der Waals surface area contributed by atoms with Crippen molar-refractivity contribution in [2.24, 2.45) is 0 Å². The van der Waals surface area contributed by atoms with Crippen molar-refractivity contribution >= 4 is 0 Å². The molecule has 122 valence electrons. The van der Waals surface area contributed by atoms with Crippen molar-refractivity contribution in [3.63, 3.8) is 0 Å². The summed E-state index contributed by atoms with van der Waals surface area (Å²) in [5, 5.41) is 7.58. The molecule has 4 nitrogen and oxygen atoms in total. The highest BCUT2D eigenvalue weighted by atomic mass is 19.1. The average Bonchev–Trinajstić information content (AvgIpc) is 3.13. The van der Waals surface area contributed by atoms with E-state index in [4.69, 9.17) is 9.47 Å². The molecule has 24 heavy (non-hydrogen) atoms. The summed E-state index contributed by atoms with van der Waals surface area (Å²) in [6.45, 7) is 0. The van der Waals surface area contributed by atoms with Gasteiger partial charge >= 0.3 is 0 Å². The first-order valence-electron chi connectivity index (χ1n) is 7.75.